The lowest BCUT2D eigenvalue weighted by Gasteiger charge is -2.16. The molecule has 0 aliphatic heterocycles. The normalized spacial score (nSPS) is 10.6. The maximum Gasteiger partial charge on any atom is 0.248 e. The molecule has 0 saturated carbocycles. The van der Waals surface area contributed by atoms with E-state index in [4.69, 9.17) is 5.73 Å². The predicted octanol–water partition coefficient (Wildman–Crippen LogP) is 2.38. The van der Waals surface area contributed by atoms with Crippen LogP contribution in [-0.2, 0) is 4.79 Å². The van der Waals surface area contributed by atoms with E-state index in [0.29, 0.717) is 11.4 Å². The third-order valence-corrected chi connectivity index (χ3v) is 2.88. The second-order valence-corrected chi connectivity index (χ2v) is 4.78. The Hall–Kier alpha value is -2.82. The summed E-state index contributed by atoms with van der Waals surface area (Å²) in [5.41, 5.74) is 8.81. The number of hydrogen-bond acceptors (Lipinski definition) is 4. The molecule has 1 aromatic heterocycles. The third kappa shape index (κ3) is 4.07. The first kappa shape index (κ1) is 14.6. The van der Waals surface area contributed by atoms with E-state index in [9.17, 15) is 4.79 Å². The number of carbonyl (C=O) groups excluding carboxylic acids is 1. The summed E-state index contributed by atoms with van der Waals surface area (Å²) in [4.78, 5) is 17.9. The molecule has 21 heavy (non-hydrogen) atoms. The molecule has 0 saturated heterocycles. The summed E-state index contributed by atoms with van der Waals surface area (Å²) in [5.74, 6) is -0.214. The standard InChI is InChI=1S/C16H18N4O/c1-20(2)15-8-9-18-11-14(15)19-16(21)7-6-12-4-3-5-13(17)10-12/h3-11H,17H2,1-2H3,(H,19,21)/b7-6+. The van der Waals surface area contributed by atoms with E-state index in [1.165, 1.54) is 6.08 Å². The third-order valence-electron chi connectivity index (χ3n) is 2.88. The Balaban J connectivity index is 2.09. The zero-order valence-electron chi connectivity index (χ0n) is 12.1. The van der Waals surface area contributed by atoms with Gasteiger partial charge in [0.1, 0.15) is 0 Å². The van der Waals surface area contributed by atoms with Crippen LogP contribution in [0.5, 0.6) is 0 Å². The summed E-state index contributed by atoms with van der Waals surface area (Å²) < 4.78 is 0. The molecular formula is C16H18N4O. The van der Waals surface area contributed by atoms with Crippen molar-refractivity contribution < 1.29 is 4.79 Å². The van der Waals surface area contributed by atoms with Crippen LogP contribution in [0.3, 0.4) is 0 Å². The molecule has 0 atom stereocenters. The van der Waals surface area contributed by atoms with Gasteiger partial charge in [-0.3, -0.25) is 9.78 Å². The fourth-order valence-electron chi connectivity index (χ4n) is 1.88. The fourth-order valence-corrected chi connectivity index (χ4v) is 1.88. The average molecular weight is 282 g/mol. The fraction of sp³-hybridized carbons (Fsp3) is 0.125. The molecule has 108 valence electrons. The van der Waals surface area contributed by atoms with Crippen LogP contribution >= 0.6 is 0 Å². The number of pyridine rings is 1. The Bertz CT molecular complexity index is 665. The summed E-state index contributed by atoms with van der Waals surface area (Å²) in [6, 6.07) is 9.18. The number of anilines is 3. The van der Waals surface area contributed by atoms with Gasteiger partial charge in [-0.05, 0) is 29.8 Å². The lowest BCUT2D eigenvalue weighted by atomic mass is 10.2. The summed E-state index contributed by atoms with van der Waals surface area (Å²) in [6.45, 7) is 0. The largest absolute Gasteiger partial charge is 0.399 e. The number of nitrogens with two attached hydrogens (primary N) is 1. The minimum Gasteiger partial charge on any atom is -0.399 e. The van der Waals surface area contributed by atoms with E-state index in [1.54, 1.807) is 30.6 Å². The van der Waals surface area contributed by atoms with Crippen molar-refractivity contribution in [2.24, 2.45) is 0 Å². The van der Waals surface area contributed by atoms with Crippen LogP contribution in [0, 0.1) is 0 Å². The lowest BCUT2D eigenvalue weighted by molar-refractivity contribution is -0.111. The van der Waals surface area contributed by atoms with Gasteiger partial charge in [0.05, 0.1) is 17.6 Å². The van der Waals surface area contributed by atoms with Crippen LogP contribution in [-0.4, -0.2) is 25.0 Å². The minimum atomic E-state index is -0.214. The van der Waals surface area contributed by atoms with E-state index in [1.807, 2.05) is 37.2 Å². The highest BCUT2D eigenvalue weighted by Crippen LogP contribution is 2.22. The molecule has 0 fully saturated rings. The Labute approximate surface area is 124 Å². The maximum atomic E-state index is 12.0. The Kier molecular flexibility index (Phi) is 4.56. The first-order valence-electron chi connectivity index (χ1n) is 6.52. The highest BCUT2D eigenvalue weighted by molar-refractivity contribution is 6.03. The highest BCUT2D eigenvalue weighted by atomic mass is 16.1. The topological polar surface area (TPSA) is 71.2 Å². The van der Waals surface area contributed by atoms with Crippen LogP contribution in [0.2, 0.25) is 0 Å². The van der Waals surface area contributed by atoms with Crippen molar-refractivity contribution >= 4 is 29.0 Å². The average Bonchev–Trinajstić information content (AvgIpc) is 2.45. The van der Waals surface area contributed by atoms with Crippen LogP contribution in [0.4, 0.5) is 17.1 Å². The van der Waals surface area contributed by atoms with Crippen LogP contribution in [0.25, 0.3) is 6.08 Å². The van der Waals surface area contributed by atoms with E-state index in [2.05, 4.69) is 10.3 Å². The van der Waals surface area contributed by atoms with Gasteiger partial charge in [-0.25, -0.2) is 0 Å². The zero-order chi connectivity index (χ0) is 15.2. The molecule has 1 aromatic carbocycles. The summed E-state index contributed by atoms with van der Waals surface area (Å²) in [5, 5.41) is 2.82. The second-order valence-electron chi connectivity index (χ2n) is 4.78. The molecule has 1 heterocycles. The van der Waals surface area contributed by atoms with E-state index in [-0.39, 0.29) is 5.91 Å². The number of amides is 1. The molecule has 0 bridgehead atoms. The Morgan fingerprint density at radius 1 is 1.33 bits per heavy atom. The van der Waals surface area contributed by atoms with Gasteiger partial charge in [-0.15, -0.1) is 0 Å². The SMILES string of the molecule is CN(C)c1ccncc1NC(=O)/C=C/c1cccc(N)c1. The minimum absolute atomic E-state index is 0.214. The number of rotatable bonds is 4. The number of aromatic nitrogens is 1. The molecule has 2 aromatic rings. The van der Waals surface area contributed by atoms with Crippen LogP contribution < -0.4 is 16.0 Å². The molecule has 0 unspecified atom stereocenters. The molecule has 0 radical (unpaired) electrons. The van der Waals surface area contributed by atoms with Crippen LogP contribution in [0.1, 0.15) is 5.56 Å². The monoisotopic (exact) mass is 282 g/mol. The van der Waals surface area contributed by atoms with Crippen molar-refractivity contribution in [2.45, 2.75) is 0 Å². The Morgan fingerprint density at radius 2 is 2.14 bits per heavy atom. The van der Waals surface area contributed by atoms with Gasteiger partial charge in [0, 0.05) is 32.1 Å². The molecule has 2 rings (SSSR count). The van der Waals surface area contributed by atoms with Gasteiger partial charge in [0.2, 0.25) is 5.91 Å². The van der Waals surface area contributed by atoms with E-state index < -0.39 is 0 Å². The van der Waals surface area contributed by atoms with Crippen LogP contribution in [0.15, 0.2) is 48.8 Å². The molecule has 0 aliphatic carbocycles. The maximum absolute atomic E-state index is 12.0. The summed E-state index contributed by atoms with van der Waals surface area (Å²) in [7, 11) is 3.82. The smallest absolute Gasteiger partial charge is 0.248 e. The predicted molar refractivity (Wildman–Crippen MR) is 87.1 cm³/mol. The second kappa shape index (κ2) is 6.56. The molecule has 5 nitrogen and oxygen atoms in total. The first-order chi connectivity index (χ1) is 10.1. The number of nitrogens with zero attached hydrogens (tertiary/aromatic N) is 2. The van der Waals surface area contributed by atoms with Gasteiger partial charge in [0.15, 0.2) is 0 Å². The van der Waals surface area contributed by atoms with E-state index >= 15 is 0 Å². The van der Waals surface area contributed by atoms with Gasteiger partial charge < -0.3 is 16.0 Å². The van der Waals surface area contributed by atoms with Crippen molar-refractivity contribution in [3.05, 3.63) is 54.4 Å². The highest BCUT2D eigenvalue weighted by Gasteiger charge is 2.06. The zero-order valence-corrected chi connectivity index (χ0v) is 12.1. The summed E-state index contributed by atoms with van der Waals surface area (Å²) >= 11 is 0. The van der Waals surface area contributed by atoms with Gasteiger partial charge in [-0.2, -0.15) is 0 Å². The van der Waals surface area contributed by atoms with Gasteiger partial charge in [0.25, 0.3) is 0 Å². The van der Waals surface area contributed by atoms with Gasteiger partial charge in [-0.1, -0.05) is 12.1 Å². The molecule has 0 spiro atoms. The van der Waals surface area contributed by atoms with E-state index in [0.717, 1.165) is 11.3 Å². The molecule has 5 heteroatoms. The summed E-state index contributed by atoms with van der Waals surface area (Å²) in [6.07, 6.45) is 6.51. The molecule has 1 amide bonds. The first-order valence-corrected chi connectivity index (χ1v) is 6.52. The molecule has 3 N–H and O–H groups in total. The lowest BCUT2D eigenvalue weighted by Crippen LogP contribution is -2.15. The van der Waals surface area contributed by atoms with Crippen molar-refractivity contribution in [3.63, 3.8) is 0 Å². The number of nitrogen functional groups attached to an aromatic ring is 1. The molecule has 0 aliphatic rings. The number of nitrogens with one attached hydrogen (secondary N) is 1. The number of carbonyl (C=O) groups is 1. The quantitative estimate of drug-likeness (QED) is 0.667. The van der Waals surface area contributed by atoms with Crippen molar-refractivity contribution in [1.29, 1.82) is 0 Å². The van der Waals surface area contributed by atoms with Crippen molar-refractivity contribution in [3.8, 4) is 0 Å². The van der Waals surface area contributed by atoms with Crippen molar-refractivity contribution in [2.75, 3.05) is 30.0 Å². The number of benzene rings is 1. The molecular weight excluding hydrogens is 264 g/mol. The van der Waals surface area contributed by atoms with Crippen molar-refractivity contribution in [1.82, 2.24) is 4.98 Å². The van der Waals surface area contributed by atoms with Gasteiger partial charge >= 0.3 is 0 Å². The number of hydrogen-bond donors (Lipinski definition) is 2. The Morgan fingerprint density at radius 3 is 2.86 bits per heavy atom.